The molecule has 4 rings (SSSR count). The van der Waals surface area contributed by atoms with Crippen molar-refractivity contribution < 1.29 is 14.3 Å². The van der Waals surface area contributed by atoms with E-state index in [0.29, 0.717) is 12.2 Å². The summed E-state index contributed by atoms with van der Waals surface area (Å²) in [6, 6.07) is 10.6. The lowest BCUT2D eigenvalue weighted by Crippen LogP contribution is -2.52. The normalized spacial score (nSPS) is 28.2. The van der Waals surface area contributed by atoms with Gasteiger partial charge in [-0.25, -0.2) is 4.98 Å². The molecule has 7 heteroatoms. The molecule has 1 aromatic heterocycles. The van der Waals surface area contributed by atoms with Crippen molar-refractivity contribution in [3.63, 3.8) is 0 Å². The van der Waals surface area contributed by atoms with Crippen LogP contribution in [0.2, 0.25) is 0 Å². The van der Waals surface area contributed by atoms with Gasteiger partial charge in [0.05, 0.1) is 11.8 Å². The quantitative estimate of drug-likeness (QED) is 0.714. The number of rotatable bonds is 5. The van der Waals surface area contributed by atoms with Crippen LogP contribution in [-0.4, -0.2) is 77.7 Å². The lowest BCUT2D eigenvalue weighted by molar-refractivity contribution is 0.0200. The predicted octanol–water partition coefficient (Wildman–Crippen LogP) is 2.20. The highest BCUT2D eigenvalue weighted by molar-refractivity contribution is 5.92. The Morgan fingerprint density at radius 1 is 1.19 bits per heavy atom. The molecule has 7 nitrogen and oxygen atoms in total. The molecule has 2 N–H and O–H groups in total. The molecule has 0 spiro atoms. The molecule has 3 atom stereocenters. The molecule has 0 unspecified atom stereocenters. The number of amides is 1. The lowest BCUT2D eigenvalue weighted by Gasteiger charge is -2.39. The first-order chi connectivity index (χ1) is 15.0. The van der Waals surface area contributed by atoms with Crippen molar-refractivity contribution in [2.45, 2.75) is 50.2 Å². The Morgan fingerprint density at radius 3 is 2.58 bits per heavy atom. The third kappa shape index (κ3) is 4.84. The number of nitrogens with one attached hydrogen (secondary N) is 1. The number of aryl methyl sites for hydroxylation is 1. The number of aromatic nitrogens is 1. The van der Waals surface area contributed by atoms with E-state index in [0.717, 1.165) is 51.9 Å². The number of likely N-dealkylation sites (N-methyl/N-ethyl adjacent to an activating group) is 1. The molecule has 2 heterocycles. The molecule has 1 saturated heterocycles. The van der Waals surface area contributed by atoms with Crippen molar-refractivity contribution in [3.8, 4) is 0 Å². The molecule has 1 aliphatic heterocycles. The topological polar surface area (TPSA) is 81.8 Å². The van der Waals surface area contributed by atoms with Crippen LogP contribution in [0.1, 0.15) is 47.5 Å². The number of piperazine rings is 1. The van der Waals surface area contributed by atoms with Gasteiger partial charge in [0.25, 0.3) is 5.91 Å². The molecule has 1 saturated carbocycles. The van der Waals surface area contributed by atoms with Crippen molar-refractivity contribution in [2.75, 3.05) is 39.8 Å². The van der Waals surface area contributed by atoms with E-state index in [2.05, 4.69) is 51.4 Å². The average molecular weight is 427 g/mol. The third-order valence-corrected chi connectivity index (χ3v) is 7.21. The number of benzene rings is 1. The molecular weight excluding hydrogens is 392 g/mol. The first-order valence-corrected chi connectivity index (χ1v) is 11.3. The number of carbonyl (C=O) groups excluding carboxylic acids is 1. The number of oxazole rings is 1. The zero-order chi connectivity index (χ0) is 21.8. The molecule has 2 fully saturated rings. The number of aliphatic hydroxyl groups is 1. The Labute approximate surface area is 184 Å². The van der Waals surface area contributed by atoms with Gasteiger partial charge < -0.3 is 19.7 Å². The summed E-state index contributed by atoms with van der Waals surface area (Å²) in [5.41, 5.74) is 1.60. The standard InChI is InChI=1S/C24H34N4O3/c1-18-22(31-17-26-18)23(30)25-16-24(19-6-4-3-5-7-19)10-8-20(21(29)9-11-24)28-14-12-27(2)13-15-28/h3-7,17,20-21,29H,8-16H2,1-2H3,(H,25,30)/t20-,21-,24-/m0/s1. The van der Waals surface area contributed by atoms with Crippen molar-refractivity contribution in [1.29, 1.82) is 0 Å². The van der Waals surface area contributed by atoms with E-state index in [-0.39, 0.29) is 29.2 Å². The highest BCUT2D eigenvalue weighted by atomic mass is 16.3. The van der Waals surface area contributed by atoms with Crippen LogP contribution in [0, 0.1) is 6.92 Å². The molecule has 0 bridgehead atoms. The predicted molar refractivity (Wildman–Crippen MR) is 119 cm³/mol. The zero-order valence-electron chi connectivity index (χ0n) is 18.6. The minimum Gasteiger partial charge on any atom is -0.438 e. The van der Waals surface area contributed by atoms with Gasteiger partial charge in [0.2, 0.25) is 5.76 Å². The van der Waals surface area contributed by atoms with Crippen LogP contribution in [0.25, 0.3) is 0 Å². The van der Waals surface area contributed by atoms with E-state index < -0.39 is 0 Å². The van der Waals surface area contributed by atoms with Crippen molar-refractivity contribution >= 4 is 5.91 Å². The van der Waals surface area contributed by atoms with Crippen LogP contribution in [0.3, 0.4) is 0 Å². The first-order valence-electron chi connectivity index (χ1n) is 11.3. The molecule has 2 aromatic rings. The molecular formula is C24H34N4O3. The van der Waals surface area contributed by atoms with E-state index >= 15 is 0 Å². The van der Waals surface area contributed by atoms with E-state index in [4.69, 9.17) is 4.42 Å². The van der Waals surface area contributed by atoms with Gasteiger partial charge in [0.1, 0.15) is 0 Å². The summed E-state index contributed by atoms with van der Waals surface area (Å²) in [5, 5.41) is 14.1. The van der Waals surface area contributed by atoms with Gasteiger partial charge in [-0.2, -0.15) is 0 Å². The summed E-state index contributed by atoms with van der Waals surface area (Å²) in [4.78, 5) is 21.6. The zero-order valence-corrected chi connectivity index (χ0v) is 18.6. The average Bonchev–Trinajstić information content (AvgIpc) is 3.15. The molecule has 2 aliphatic rings. The van der Waals surface area contributed by atoms with E-state index in [1.807, 2.05) is 6.07 Å². The van der Waals surface area contributed by atoms with Crippen LogP contribution in [0.15, 0.2) is 41.1 Å². The smallest absolute Gasteiger partial charge is 0.289 e. The summed E-state index contributed by atoms with van der Waals surface area (Å²) in [5.74, 6) is 0.0397. The summed E-state index contributed by atoms with van der Waals surface area (Å²) in [7, 11) is 2.15. The van der Waals surface area contributed by atoms with Crippen molar-refractivity contribution in [2.24, 2.45) is 0 Å². The Hall–Kier alpha value is -2.22. The van der Waals surface area contributed by atoms with Crippen molar-refractivity contribution in [1.82, 2.24) is 20.1 Å². The molecule has 1 aliphatic carbocycles. The van der Waals surface area contributed by atoms with Gasteiger partial charge in [-0.15, -0.1) is 0 Å². The lowest BCUT2D eigenvalue weighted by atomic mass is 9.74. The molecule has 1 aromatic carbocycles. The van der Waals surface area contributed by atoms with Crippen LogP contribution in [-0.2, 0) is 5.41 Å². The monoisotopic (exact) mass is 426 g/mol. The first kappa shape index (κ1) is 22.0. The summed E-state index contributed by atoms with van der Waals surface area (Å²) in [6.45, 7) is 6.36. The second-order valence-electron chi connectivity index (χ2n) is 9.15. The number of hydrogen-bond acceptors (Lipinski definition) is 6. The van der Waals surface area contributed by atoms with Crippen LogP contribution in [0.4, 0.5) is 0 Å². The van der Waals surface area contributed by atoms with Crippen LogP contribution < -0.4 is 5.32 Å². The Bertz CT molecular complexity index is 863. The molecule has 168 valence electrons. The summed E-state index contributed by atoms with van der Waals surface area (Å²) >= 11 is 0. The molecule has 0 radical (unpaired) electrons. The van der Waals surface area contributed by atoms with Gasteiger partial charge >= 0.3 is 0 Å². The Kier molecular flexibility index (Phi) is 6.74. The maximum Gasteiger partial charge on any atom is 0.289 e. The van der Waals surface area contributed by atoms with Gasteiger partial charge in [0, 0.05) is 44.2 Å². The highest BCUT2D eigenvalue weighted by Crippen LogP contribution is 2.39. The van der Waals surface area contributed by atoms with E-state index in [9.17, 15) is 9.90 Å². The Morgan fingerprint density at radius 2 is 1.90 bits per heavy atom. The second-order valence-corrected chi connectivity index (χ2v) is 9.15. The largest absolute Gasteiger partial charge is 0.438 e. The van der Waals surface area contributed by atoms with Crippen molar-refractivity contribution in [3.05, 3.63) is 53.7 Å². The number of hydrogen-bond donors (Lipinski definition) is 2. The van der Waals surface area contributed by atoms with Gasteiger partial charge in [-0.1, -0.05) is 30.3 Å². The Balaban J connectivity index is 1.52. The second kappa shape index (κ2) is 9.51. The third-order valence-electron chi connectivity index (χ3n) is 7.21. The fraction of sp³-hybridized carbons (Fsp3) is 0.583. The number of aliphatic hydroxyl groups excluding tert-OH is 1. The van der Waals surface area contributed by atoms with Crippen LogP contribution >= 0.6 is 0 Å². The SMILES string of the molecule is Cc1ncoc1C(=O)NC[C@@]1(c2ccccc2)CC[C@H](O)[C@@H](N2CCN(C)CC2)CC1. The number of carbonyl (C=O) groups is 1. The summed E-state index contributed by atoms with van der Waals surface area (Å²) in [6.07, 6.45) is 4.35. The minimum absolute atomic E-state index is 0.173. The molecule has 31 heavy (non-hydrogen) atoms. The fourth-order valence-electron chi connectivity index (χ4n) is 5.15. The van der Waals surface area contributed by atoms with Gasteiger partial charge in [0.15, 0.2) is 6.39 Å². The maximum atomic E-state index is 12.7. The van der Waals surface area contributed by atoms with Gasteiger partial charge in [-0.05, 0) is 45.2 Å². The molecule has 1 amide bonds. The maximum absolute atomic E-state index is 12.7. The number of nitrogens with zero attached hydrogens (tertiary/aromatic N) is 3. The minimum atomic E-state index is -0.346. The highest BCUT2D eigenvalue weighted by Gasteiger charge is 2.40. The van der Waals surface area contributed by atoms with Crippen LogP contribution in [0.5, 0.6) is 0 Å². The van der Waals surface area contributed by atoms with E-state index in [1.165, 1.54) is 12.0 Å². The van der Waals surface area contributed by atoms with E-state index in [1.54, 1.807) is 6.92 Å². The van der Waals surface area contributed by atoms with Gasteiger partial charge in [-0.3, -0.25) is 9.69 Å². The summed E-state index contributed by atoms with van der Waals surface area (Å²) < 4.78 is 5.28. The fourth-order valence-corrected chi connectivity index (χ4v) is 5.15.